The predicted octanol–water partition coefficient (Wildman–Crippen LogP) is 1.45. The average molecular weight is 225 g/mol. The van der Waals surface area contributed by atoms with Crippen molar-refractivity contribution < 1.29 is 19.0 Å². The molecule has 1 heterocycles. The topological polar surface area (TPSA) is 49.8 Å². The minimum atomic E-state index is -0.552. The van der Waals surface area contributed by atoms with Crippen molar-refractivity contribution in [3.63, 3.8) is 0 Å². The van der Waals surface area contributed by atoms with Crippen LogP contribution < -0.4 is 4.90 Å². The van der Waals surface area contributed by atoms with Gasteiger partial charge in [0.25, 0.3) is 0 Å². The molecular formula is C11H12FNO3. The molecule has 4 nitrogen and oxygen atoms in total. The van der Waals surface area contributed by atoms with Crippen molar-refractivity contribution in [1.29, 1.82) is 0 Å². The number of hydrogen-bond acceptors (Lipinski definition) is 3. The van der Waals surface area contributed by atoms with Crippen molar-refractivity contribution in [1.82, 2.24) is 0 Å². The molecule has 5 heteroatoms. The van der Waals surface area contributed by atoms with Crippen molar-refractivity contribution in [3.05, 3.63) is 29.6 Å². The number of carbonyl (C=O) groups is 1. The Kier molecular flexibility index (Phi) is 2.78. The van der Waals surface area contributed by atoms with Gasteiger partial charge in [0, 0.05) is 0 Å². The number of hydrogen-bond donors (Lipinski definition) is 1. The van der Waals surface area contributed by atoms with Gasteiger partial charge in [0.15, 0.2) is 0 Å². The molecule has 1 fully saturated rings. The van der Waals surface area contributed by atoms with Crippen LogP contribution in [0.1, 0.15) is 5.56 Å². The third-order valence-electron chi connectivity index (χ3n) is 2.42. The van der Waals surface area contributed by atoms with Crippen molar-refractivity contribution in [3.8, 4) is 0 Å². The van der Waals surface area contributed by atoms with E-state index in [1.165, 1.54) is 17.0 Å². The largest absolute Gasteiger partial charge is 0.441 e. The van der Waals surface area contributed by atoms with E-state index in [-0.39, 0.29) is 13.2 Å². The summed E-state index contributed by atoms with van der Waals surface area (Å²) < 4.78 is 18.0. The summed E-state index contributed by atoms with van der Waals surface area (Å²) in [6.07, 6.45) is -1.08. The summed E-state index contributed by atoms with van der Waals surface area (Å²) in [6.45, 7) is 1.77. The highest BCUT2D eigenvalue weighted by Gasteiger charge is 2.31. The summed E-state index contributed by atoms with van der Waals surface area (Å²) in [6, 6.07) is 4.35. The van der Waals surface area contributed by atoms with E-state index in [1.54, 1.807) is 13.0 Å². The van der Waals surface area contributed by atoms with Gasteiger partial charge in [-0.15, -0.1) is 0 Å². The second kappa shape index (κ2) is 4.09. The van der Waals surface area contributed by atoms with Crippen molar-refractivity contribution >= 4 is 11.8 Å². The van der Waals surface area contributed by atoms with Gasteiger partial charge in [-0.3, -0.25) is 4.90 Å². The fraction of sp³-hybridized carbons (Fsp3) is 0.364. The Labute approximate surface area is 92.2 Å². The molecule has 16 heavy (non-hydrogen) atoms. The zero-order valence-electron chi connectivity index (χ0n) is 8.81. The highest BCUT2D eigenvalue weighted by Crippen LogP contribution is 2.23. The lowest BCUT2D eigenvalue weighted by Crippen LogP contribution is -2.25. The SMILES string of the molecule is Cc1cc(F)cc(N2CC(CO)OC2=O)c1. The van der Waals surface area contributed by atoms with Gasteiger partial charge in [-0.2, -0.15) is 0 Å². The molecule has 1 saturated heterocycles. The van der Waals surface area contributed by atoms with Crippen LogP contribution in [0.3, 0.4) is 0 Å². The van der Waals surface area contributed by atoms with E-state index in [1.807, 2.05) is 0 Å². The maximum absolute atomic E-state index is 13.2. The lowest BCUT2D eigenvalue weighted by atomic mass is 10.2. The molecule has 86 valence electrons. The normalized spacial score (nSPS) is 20.1. The van der Waals surface area contributed by atoms with Gasteiger partial charge >= 0.3 is 6.09 Å². The highest BCUT2D eigenvalue weighted by atomic mass is 19.1. The molecular weight excluding hydrogens is 213 g/mol. The summed E-state index contributed by atoms with van der Waals surface area (Å²) in [5, 5.41) is 8.88. The summed E-state index contributed by atoms with van der Waals surface area (Å²) in [5.41, 5.74) is 1.19. The maximum atomic E-state index is 13.2. The Morgan fingerprint density at radius 2 is 2.31 bits per heavy atom. The smallest absolute Gasteiger partial charge is 0.414 e. The Morgan fingerprint density at radius 3 is 2.88 bits per heavy atom. The molecule has 1 aliphatic heterocycles. The molecule has 1 aromatic rings. The van der Waals surface area contributed by atoms with Crippen LogP contribution in [0.2, 0.25) is 0 Å². The quantitative estimate of drug-likeness (QED) is 0.828. The first kappa shape index (κ1) is 10.9. The molecule has 1 amide bonds. The molecule has 2 rings (SSSR count). The van der Waals surface area contributed by atoms with Gasteiger partial charge in [0.05, 0.1) is 18.8 Å². The van der Waals surface area contributed by atoms with Crippen LogP contribution in [0.25, 0.3) is 0 Å². The Balaban J connectivity index is 2.27. The van der Waals surface area contributed by atoms with Crippen LogP contribution in [0.5, 0.6) is 0 Å². The van der Waals surface area contributed by atoms with Crippen LogP contribution in [0.15, 0.2) is 18.2 Å². The van der Waals surface area contributed by atoms with E-state index >= 15 is 0 Å². The van der Waals surface area contributed by atoms with Crippen LogP contribution in [0.4, 0.5) is 14.9 Å². The number of rotatable bonds is 2. The number of benzene rings is 1. The summed E-state index contributed by atoms with van der Waals surface area (Å²) >= 11 is 0. The van der Waals surface area contributed by atoms with Crippen LogP contribution in [0, 0.1) is 12.7 Å². The first-order valence-electron chi connectivity index (χ1n) is 4.96. The Bertz CT molecular complexity index is 401. The van der Waals surface area contributed by atoms with Crippen LogP contribution in [-0.2, 0) is 4.74 Å². The minimum Gasteiger partial charge on any atom is -0.441 e. The van der Waals surface area contributed by atoms with Gasteiger partial charge in [-0.25, -0.2) is 9.18 Å². The molecule has 0 aliphatic carbocycles. The molecule has 1 atom stereocenters. The number of amides is 1. The molecule has 1 aliphatic rings. The molecule has 1 N–H and O–H groups in total. The summed E-state index contributed by atoms with van der Waals surface area (Å²) in [4.78, 5) is 12.8. The zero-order valence-corrected chi connectivity index (χ0v) is 8.81. The molecule has 0 saturated carbocycles. The average Bonchev–Trinajstić information content (AvgIpc) is 2.58. The number of nitrogens with zero attached hydrogens (tertiary/aromatic N) is 1. The van der Waals surface area contributed by atoms with E-state index in [0.29, 0.717) is 5.69 Å². The number of halogens is 1. The number of anilines is 1. The van der Waals surface area contributed by atoms with E-state index in [0.717, 1.165) is 5.56 Å². The van der Waals surface area contributed by atoms with Crippen molar-refractivity contribution in [2.45, 2.75) is 13.0 Å². The fourth-order valence-corrected chi connectivity index (χ4v) is 1.70. The minimum absolute atomic E-state index is 0.226. The third-order valence-corrected chi connectivity index (χ3v) is 2.42. The van der Waals surface area contributed by atoms with Crippen molar-refractivity contribution in [2.24, 2.45) is 0 Å². The Morgan fingerprint density at radius 1 is 1.56 bits per heavy atom. The monoisotopic (exact) mass is 225 g/mol. The number of carbonyl (C=O) groups excluding carboxylic acids is 1. The van der Waals surface area contributed by atoms with E-state index < -0.39 is 18.0 Å². The number of aryl methyl sites for hydroxylation is 1. The van der Waals surface area contributed by atoms with Gasteiger partial charge < -0.3 is 9.84 Å². The van der Waals surface area contributed by atoms with Crippen LogP contribution >= 0.6 is 0 Å². The predicted molar refractivity (Wildman–Crippen MR) is 55.8 cm³/mol. The second-order valence-electron chi connectivity index (χ2n) is 3.79. The number of aliphatic hydroxyl groups is 1. The molecule has 1 aromatic carbocycles. The van der Waals surface area contributed by atoms with Crippen LogP contribution in [-0.4, -0.2) is 30.5 Å². The standard InChI is InChI=1S/C11H12FNO3/c1-7-2-8(12)4-9(3-7)13-5-10(6-14)16-11(13)15/h2-4,10,14H,5-6H2,1H3. The lowest BCUT2D eigenvalue weighted by molar-refractivity contribution is 0.0963. The first-order chi connectivity index (χ1) is 7.60. The molecule has 0 radical (unpaired) electrons. The van der Waals surface area contributed by atoms with E-state index in [9.17, 15) is 9.18 Å². The maximum Gasteiger partial charge on any atom is 0.414 e. The third kappa shape index (κ3) is 1.99. The summed E-state index contributed by atoms with van der Waals surface area (Å²) in [7, 11) is 0. The van der Waals surface area contributed by atoms with Gasteiger partial charge in [0.1, 0.15) is 11.9 Å². The summed E-state index contributed by atoms with van der Waals surface area (Å²) in [5.74, 6) is -0.393. The highest BCUT2D eigenvalue weighted by molar-refractivity contribution is 5.89. The molecule has 0 bridgehead atoms. The molecule has 0 spiro atoms. The first-order valence-corrected chi connectivity index (χ1v) is 4.96. The van der Waals surface area contributed by atoms with Gasteiger partial charge in [-0.1, -0.05) is 0 Å². The molecule has 1 unspecified atom stereocenters. The fourth-order valence-electron chi connectivity index (χ4n) is 1.70. The van der Waals surface area contributed by atoms with Gasteiger partial charge in [-0.05, 0) is 30.7 Å². The Hall–Kier alpha value is -1.62. The number of cyclic esters (lactones) is 1. The van der Waals surface area contributed by atoms with E-state index in [2.05, 4.69) is 0 Å². The number of aliphatic hydroxyl groups excluding tert-OH is 1. The zero-order chi connectivity index (χ0) is 11.7. The molecule has 0 aromatic heterocycles. The lowest BCUT2D eigenvalue weighted by Gasteiger charge is -2.13. The second-order valence-corrected chi connectivity index (χ2v) is 3.79. The van der Waals surface area contributed by atoms with E-state index in [4.69, 9.17) is 9.84 Å². The number of ether oxygens (including phenoxy) is 1. The van der Waals surface area contributed by atoms with Gasteiger partial charge in [0.2, 0.25) is 0 Å². The van der Waals surface area contributed by atoms with Crippen molar-refractivity contribution in [2.75, 3.05) is 18.1 Å².